The highest BCUT2D eigenvalue weighted by Crippen LogP contribution is 2.30. The Balaban J connectivity index is 1.63. The van der Waals surface area contributed by atoms with Gasteiger partial charge in [0.1, 0.15) is 11.9 Å². The van der Waals surface area contributed by atoms with Crippen LogP contribution in [0.25, 0.3) is 0 Å². The van der Waals surface area contributed by atoms with Gasteiger partial charge in [-0.15, -0.1) is 0 Å². The Bertz CT molecular complexity index is 665. The predicted octanol–water partition coefficient (Wildman–Crippen LogP) is 3.77. The summed E-state index contributed by atoms with van der Waals surface area (Å²) in [5.41, 5.74) is 2.10. The van der Waals surface area contributed by atoms with E-state index in [1.54, 1.807) is 6.07 Å². The third-order valence-corrected chi connectivity index (χ3v) is 4.05. The van der Waals surface area contributed by atoms with Crippen LogP contribution in [0, 0.1) is 10.1 Å². The van der Waals surface area contributed by atoms with Crippen LogP contribution in [0.4, 0.5) is 11.4 Å². The molecule has 2 aromatic rings. The maximum Gasteiger partial charge on any atom is 0.270 e. The highest BCUT2D eigenvalue weighted by Gasteiger charge is 2.22. The van der Waals surface area contributed by atoms with Crippen LogP contribution in [0.15, 0.2) is 46.9 Å². The van der Waals surface area contributed by atoms with E-state index in [1.165, 1.54) is 17.7 Å². The molecule has 1 unspecified atom stereocenters. The van der Waals surface area contributed by atoms with Crippen molar-refractivity contribution in [1.29, 1.82) is 0 Å². The van der Waals surface area contributed by atoms with E-state index in [0.717, 1.165) is 17.9 Å². The second-order valence-electron chi connectivity index (χ2n) is 4.85. The first-order valence-electron chi connectivity index (χ1n) is 6.56. The molecule has 0 saturated heterocycles. The number of hydrogen-bond acceptors (Lipinski definition) is 4. The number of nitrogens with zero attached hydrogens (tertiary/aromatic N) is 1. The number of nitro benzene ring substituents is 1. The fourth-order valence-corrected chi connectivity index (χ4v) is 2.86. The third-order valence-electron chi connectivity index (χ3n) is 3.40. The van der Waals surface area contributed by atoms with Crippen LogP contribution in [-0.2, 0) is 6.42 Å². The van der Waals surface area contributed by atoms with Crippen LogP contribution >= 0.6 is 15.9 Å². The second kappa shape index (κ2) is 5.73. The number of para-hydroxylation sites is 1. The Morgan fingerprint density at radius 2 is 2.14 bits per heavy atom. The SMILES string of the molecule is O=[N+]([O-])c1ccc(NCC2Cc3ccccc3O2)c(Br)c1. The maximum absolute atomic E-state index is 10.7. The molecule has 0 fully saturated rings. The Hall–Kier alpha value is -2.08. The summed E-state index contributed by atoms with van der Waals surface area (Å²) >= 11 is 3.35. The lowest BCUT2D eigenvalue weighted by Crippen LogP contribution is -2.24. The van der Waals surface area contributed by atoms with Crippen LogP contribution in [0.3, 0.4) is 0 Å². The van der Waals surface area contributed by atoms with Gasteiger partial charge in [-0.05, 0) is 33.6 Å². The van der Waals surface area contributed by atoms with Crippen molar-refractivity contribution in [2.24, 2.45) is 0 Å². The number of benzene rings is 2. The summed E-state index contributed by atoms with van der Waals surface area (Å²) in [6.45, 7) is 0.644. The number of halogens is 1. The zero-order valence-corrected chi connectivity index (χ0v) is 12.7. The van der Waals surface area contributed by atoms with Crippen LogP contribution in [0.1, 0.15) is 5.56 Å². The predicted molar refractivity (Wildman–Crippen MR) is 83.8 cm³/mol. The summed E-state index contributed by atoms with van der Waals surface area (Å²) in [6.07, 6.45) is 0.942. The summed E-state index contributed by atoms with van der Waals surface area (Å²) in [6, 6.07) is 12.7. The van der Waals surface area contributed by atoms with Gasteiger partial charge in [-0.3, -0.25) is 10.1 Å². The first-order valence-corrected chi connectivity index (χ1v) is 7.35. The topological polar surface area (TPSA) is 64.4 Å². The molecule has 0 amide bonds. The molecule has 108 valence electrons. The minimum Gasteiger partial charge on any atom is -0.488 e. The number of nitrogens with one attached hydrogen (secondary N) is 1. The molecule has 0 radical (unpaired) electrons. The summed E-state index contributed by atoms with van der Waals surface area (Å²) in [4.78, 5) is 10.3. The lowest BCUT2D eigenvalue weighted by atomic mass is 10.1. The van der Waals surface area contributed by atoms with Crippen molar-refractivity contribution in [3.05, 3.63) is 62.6 Å². The largest absolute Gasteiger partial charge is 0.488 e. The fraction of sp³-hybridized carbons (Fsp3) is 0.200. The molecule has 0 saturated carbocycles. The van der Waals surface area contributed by atoms with Gasteiger partial charge in [0.25, 0.3) is 5.69 Å². The summed E-state index contributed by atoms with van der Waals surface area (Å²) in [5.74, 6) is 0.937. The molecule has 2 aromatic carbocycles. The van der Waals surface area contributed by atoms with Crippen LogP contribution in [0.2, 0.25) is 0 Å². The van der Waals surface area contributed by atoms with E-state index in [9.17, 15) is 10.1 Å². The van der Waals surface area contributed by atoms with Crippen molar-refractivity contribution in [3.8, 4) is 5.75 Å². The van der Waals surface area contributed by atoms with Gasteiger partial charge in [0, 0.05) is 28.7 Å². The Morgan fingerprint density at radius 3 is 2.86 bits per heavy atom. The van der Waals surface area contributed by atoms with Crippen LogP contribution in [-0.4, -0.2) is 17.6 Å². The number of nitro groups is 1. The Labute approximate surface area is 130 Å². The standard InChI is InChI=1S/C15H13BrN2O3/c16-13-8-11(18(19)20)5-6-14(13)17-9-12-7-10-3-1-2-4-15(10)21-12/h1-6,8,12,17H,7,9H2. The average Bonchev–Trinajstić information content (AvgIpc) is 2.88. The molecule has 0 aromatic heterocycles. The first kappa shape index (κ1) is 13.9. The first-order chi connectivity index (χ1) is 10.1. The molecule has 1 aliphatic rings. The Morgan fingerprint density at radius 1 is 1.33 bits per heavy atom. The number of fused-ring (bicyclic) bond motifs is 1. The monoisotopic (exact) mass is 348 g/mol. The van der Waals surface area contributed by atoms with E-state index in [1.807, 2.05) is 18.2 Å². The lowest BCUT2D eigenvalue weighted by Gasteiger charge is -2.13. The molecule has 1 N–H and O–H groups in total. The minimum atomic E-state index is -0.411. The van der Waals surface area contributed by atoms with Gasteiger partial charge in [0.15, 0.2) is 0 Å². The number of non-ortho nitro benzene ring substituents is 1. The molecular formula is C15H13BrN2O3. The number of ether oxygens (including phenoxy) is 1. The molecule has 5 nitrogen and oxygen atoms in total. The molecular weight excluding hydrogens is 336 g/mol. The van der Waals surface area contributed by atoms with E-state index in [4.69, 9.17) is 4.74 Å². The molecule has 1 aliphatic heterocycles. The summed E-state index contributed by atoms with van der Waals surface area (Å²) in [7, 11) is 0. The molecule has 0 aliphatic carbocycles. The molecule has 1 atom stereocenters. The van der Waals surface area contributed by atoms with Crippen molar-refractivity contribution in [1.82, 2.24) is 0 Å². The van der Waals surface area contributed by atoms with E-state index in [0.29, 0.717) is 11.0 Å². The van der Waals surface area contributed by atoms with E-state index in [-0.39, 0.29) is 11.8 Å². The van der Waals surface area contributed by atoms with Gasteiger partial charge < -0.3 is 10.1 Å². The summed E-state index contributed by atoms with van der Waals surface area (Å²) in [5, 5.41) is 14.0. The van der Waals surface area contributed by atoms with E-state index < -0.39 is 4.92 Å². The summed E-state index contributed by atoms with van der Waals surface area (Å²) < 4.78 is 6.52. The molecule has 0 bridgehead atoms. The molecule has 1 heterocycles. The van der Waals surface area contributed by atoms with Crippen molar-refractivity contribution in [2.75, 3.05) is 11.9 Å². The van der Waals surface area contributed by atoms with Gasteiger partial charge in [-0.2, -0.15) is 0 Å². The van der Waals surface area contributed by atoms with Crippen molar-refractivity contribution in [2.45, 2.75) is 12.5 Å². The van der Waals surface area contributed by atoms with Gasteiger partial charge in [0.05, 0.1) is 11.5 Å². The van der Waals surface area contributed by atoms with Gasteiger partial charge in [-0.1, -0.05) is 18.2 Å². The molecule has 0 spiro atoms. The molecule has 6 heteroatoms. The van der Waals surface area contributed by atoms with E-state index >= 15 is 0 Å². The van der Waals surface area contributed by atoms with E-state index in [2.05, 4.69) is 27.3 Å². The second-order valence-corrected chi connectivity index (χ2v) is 5.71. The minimum absolute atomic E-state index is 0.0666. The quantitative estimate of drug-likeness (QED) is 0.674. The fourth-order valence-electron chi connectivity index (χ4n) is 2.35. The number of hydrogen-bond donors (Lipinski definition) is 1. The Kier molecular flexibility index (Phi) is 3.79. The number of anilines is 1. The highest BCUT2D eigenvalue weighted by molar-refractivity contribution is 9.10. The zero-order valence-electron chi connectivity index (χ0n) is 11.1. The average molecular weight is 349 g/mol. The molecule has 21 heavy (non-hydrogen) atoms. The highest BCUT2D eigenvalue weighted by atomic mass is 79.9. The molecule has 3 rings (SSSR count). The maximum atomic E-state index is 10.7. The zero-order chi connectivity index (χ0) is 14.8. The van der Waals surface area contributed by atoms with Crippen molar-refractivity contribution < 1.29 is 9.66 Å². The van der Waals surface area contributed by atoms with Crippen LogP contribution < -0.4 is 10.1 Å². The third kappa shape index (κ3) is 3.00. The smallest absolute Gasteiger partial charge is 0.270 e. The van der Waals surface area contributed by atoms with Gasteiger partial charge in [0.2, 0.25) is 0 Å². The van der Waals surface area contributed by atoms with Crippen molar-refractivity contribution in [3.63, 3.8) is 0 Å². The number of rotatable bonds is 4. The lowest BCUT2D eigenvalue weighted by molar-refractivity contribution is -0.384. The van der Waals surface area contributed by atoms with Crippen molar-refractivity contribution >= 4 is 27.3 Å². The van der Waals surface area contributed by atoms with Gasteiger partial charge >= 0.3 is 0 Å². The van der Waals surface area contributed by atoms with Gasteiger partial charge in [-0.25, -0.2) is 0 Å². The van der Waals surface area contributed by atoms with Crippen LogP contribution in [0.5, 0.6) is 5.75 Å². The normalized spacial score (nSPS) is 16.1.